The molecule has 0 unspecified atom stereocenters. The Bertz CT molecular complexity index is 575. The maximum absolute atomic E-state index is 12.9. The van der Waals surface area contributed by atoms with Gasteiger partial charge in [0.1, 0.15) is 11.2 Å². The van der Waals surface area contributed by atoms with Crippen molar-refractivity contribution in [2.24, 2.45) is 0 Å². The number of carbonyl (C=O) groups is 3. The number of carbonyl (C=O) groups excluding carboxylic acids is 3. The zero-order chi connectivity index (χ0) is 27.5. The van der Waals surface area contributed by atoms with Crippen molar-refractivity contribution in [2.45, 2.75) is 137 Å². The fourth-order valence-corrected chi connectivity index (χ4v) is 3.66. The Hall–Kier alpha value is -1.99. The smallest absolute Gasteiger partial charge is 0.407 e. The topological polar surface area (TPSA) is 97.0 Å². The van der Waals surface area contributed by atoms with Crippen LogP contribution in [-0.2, 0) is 14.3 Å². The Morgan fingerprint density at radius 2 is 1.00 bits per heavy atom. The predicted molar refractivity (Wildman–Crippen MR) is 146 cm³/mol. The van der Waals surface area contributed by atoms with Crippen LogP contribution in [0.4, 0.5) is 9.59 Å². The third-order valence-corrected chi connectivity index (χ3v) is 5.39. The molecule has 0 aliphatic rings. The minimum atomic E-state index is -0.539. The van der Waals surface area contributed by atoms with E-state index in [4.69, 9.17) is 9.47 Å². The molecule has 0 rings (SSSR count). The highest BCUT2D eigenvalue weighted by Gasteiger charge is 2.18. The van der Waals surface area contributed by atoms with Crippen LogP contribution >= 0.6 is 0 Å². The largest absolute Gasteiger partial charge is 0.444 e. The molecule has 0 aliphatic heterocycles. The molecule has 0 aliphatic carbocycles. The van der Waals surface area contributed by atoms with E-state index < -0.39 is 23.4 Å². The summed E-state index contributed by atoms with van der Waals surface area (Å²) in [5.74, 6) is 0.132. The fourth-order valence-electron chi connectivity index (χ4n) is 3.66. The van der Waals surface area contributed by atoms with Gasteiger partial charge >= 0.3 is 12.2 Å². The molecule has 0 bridgehead atoms. The van der Waals surface area contributed by atoms with Gasteiger partial charge in [-0.2, -0.15) is 0 Å². The van der Waals surface area contributed by atoms with Crippen LogP contribution in [0.25, 0.3) is 0 Å². The van der Waals surface area contributed by atoms with E-state index in [1.807, 2.05) is 46.4 Å². The van der Waals surface area contributed by atoms with E-state index in [-0.39, 0.29) is 5.91 Å². The summed E-state index contributed by atoms with van der Waals surface area (Å²) >= 11 is 0. The SMILES string of the molecule is CCCCCCCCCCCC(=O)N(CCCNC(=O)OC(C)(C)C)CCCNC(=O)OC(C)(C)C. The summed E-state index contributed by atoms with van der Waals surface area (Å²) in [6.07, 6.45) is 11.8. The zero-order valence-electron chi connectivity index (χ0n) is 24.3. The van der Waals surface area contributed by atoms with Crippen molar-refractivity contribution in [3.05, 3.63) is 0 Å². The molecule has 0 heterocycles. The summed E-state index contributed by atoms with van der Waals surface area (Å²) in [7, 11) is 0. The van der Waals surface area contributed by atoms with Crippen LogP contribution in [0.5, 0.6) is 0 Å². The summed E-state index contributed by atoms with van der Waals surface area (Å²) in [6, 6.07) is 0. The maximum Gasteiger partial charge on any atom is 0.407 e. The first kappa shape index (κ1) is 34.0. The summed E-state index contributed by atoms with van der Waals surface area (Å²) in [5, 5.41) is 5.50. The predicted octanol–water partition coefficient (Wildman–Crippen LogP) is 6.57. The first-order chi connectivity index (χ1) is 16.8. The van der Waals surface area contributed by atoms with E-state index in [0.717, 1.165) is 12.8 Å². The van der Waals surface area contributed by atoms with Crippen LogP contribution in [0.2, 0.25) is 0 Å². The van der Waals surface area contributed by atoms with E-state index >= 15 is 0 Å². The van der Waals surface area contributed by atoms with E-state index in [1.165, 1.54) is 44.9 Å². The zero-order valence-corrected chi connectivity index (χ0v) is 24.3. The summed E-state index contributed by atoms with van der Waals surface area (Å²) < 4.78 is 10.5. The normalized spacial score (nSPS) is 11.6. The summed E-state index contributed by atoms with van der Waals surface area (Å²) in [4.78, 5) is 38.4. The van der Waals surface area contributed by atoms with Gasteiger partial charge in [-0.1, -0.05) is 58.3 Å². The van der Waals surface area contributed by atoms with Gasteiger partial charge in [0, 0.05) is 32.6 Å². The molecule has 0 saturated carbocycles. The van der Waals surface area contributed by atoms with Gasteiger partial charge in [0.25, 0.3) is 0 Å². The second-order valence-corrected chi connectivity index (χ2v) is 11.5. The maximum atomic E-state index is 12.9. The average Bonchev–Trinajstić information content (AvgIpc) is 2.74. The Morgan fingerprint density at radius 3 is 1.39 bits per heavy atom. The Morgan fingerprint density at radius 1 is 0.611 bits per heavy atom. The third kappa shape index (κ3) is 22.5. The van der Waals surface area contributed by atoms with Crippen LogP contribution < -0.4 is 10.6 Å². The Kier molecular flexibility index (Phi) is 18.1. The number of amides is 3. The van der Waals surface area contributed by atoms with Gasteiger partial charge in [0.2, 0.25) is 5.91 Å². The fraction of sp³-hybridized carbons (Fsp3) is 0.893. The number of nitrogens with one attached hydrogen (secondary N) is 2. The van der Waals surface area contributed by atoms with Crippen LogP contribution in [-0.4, -0.2) is 60.4 Å². The van der Waals surface area contributed by atoms with Crippen LogP contribution in [0.1, 0.15) is 126 Å². The molecule has 2 N–H and O–H groups in total. The molecule has 0 saturated heterocycles. The molecule has 8 nitrogen and oxygen atoms in total. The Labute approximate surface area is 220 Å². The first-order valence-electron chi connectivity index (χ1n) is 14.1. The number of hydrogen-bond donors (Lipinski definition) is 2. The molecule has 0 fully saturated rings. The molecule has 0 atom stereocenters. The third-order valence-electron chi connectivity index (χ3n) is 5.39. The number of hydrogen-bond acceptors (Lipinski definition) is 5. The van der Waals surface area contributed by atoms with E-state index in [9.17, 15) is 14.4 Å². The monoisotopic (exact) mass is 513 g/mol. The summed E-state index contributed by atoms with van der Waals surface area (Å²) in [6.45, 7) is 15.2. The lowest BCUT2D eigenvalue weighted by Gasteiger charge is -2.24. The van der Waals surface area contributed by atoms with Gasteiger partial charge < -0.3 is 25.0 Å². The van der Waals surface area contributed by atoms with Gasteiger partial charge in [-0.15, -0.1) is 0 Å². The molecule has 3 amide bonds. The second-order valence-electron chi connectivity index (χ2n) is 11.5. The van der Waals surface area contributed by atoms with Gasteiger partial charge in [-0.05, 0) is 60.8 Å². The number of nitrogens with zero attached hydrogens (tertiary/aromatic N) is 1. The Balaban J connectivity index is 4.42. The second kappa shape index (κ2) is 19.2. The number of alkyl carbamates (subject to hydrolysis) is 2. The first-order valence-corrected chi connectivity index (χ1v) is 14.1. The highest BCUT2D eigenvalue weighted by Crippen LogP contribution is 2.12. The molecular weight excluding hydrogens is 458 g/mol. The summed E-state index contributed by atoms with van der Waals surface area (Å²) in [5.41, 5.74) is -1.08. The molecule has 0 aromatic carbocycles. The van der Waals surface area contributed by atoms with Gasteiger partial charge in [-0.3, -0.25) is 4.79 Å². The van der Waals surface area contributed by atoms with Crippen molar-refractivity contribution >= 4 is 18.1 Å². The average molecular weight is 514 g/mol. The quantitative estimate of drug-likeness (QED) is 0.202. The van der Waals surface area contributed by atoms with Crippen LogP contribution in [0.15, 0.2) is 0 Å². The molecule has 0 radical (unpaired) electrons. The van der Waals surface area contributed by atoms with Gasteiger partial charge in [0.15, 0.2) is 0 Å². The van der Waals surface area contributed by atoms with E-state index in [2.05, 4.69) is 17.6 Å². The minimum Gasteiger partial charge on any atom is -0.444 e. The number of rotatable bonds is 18. The molecule has 0 aromatic rings. The van der Waals surface area contributed by atoms with Crippen LogP contribution in [0.3, 0.4) is 0 Å². The van der Waals surface area contributed by atoms with Crippen molar-refractivity contribution in [2.75, 3.05) is 26.2 Å². The van der Waals surface area contributed by atoms with Crippen molar-refractivity contribution in [1.29, 1.82) is 0 Å². The van der Waals surface area contributed by atoms with E-state index in [1.54, 1.807) is 0 Å². The lowest BCUT2D eigenvalue weighted by Crippen LogP contribution is -2.38. The van der Waals surface area contributed by atoms with E-state index in [0.29, 0.717) is 45.4 Å². The highest BCUT2D eigenvalue weighted by molar-refractivity contribution is 5.76. The van der Waals surface area contributed by atoms with Gasteiger partial charge in [0.05, 0.1) is 0 Å². The van der Waals surface area contributed by atoms with Crippen LogP contribution in [0, 0.1) is 0 Å². The lowest BCUT2D eigenvalue weighted by molar-refractivity contribution is -0.131. The standard InChI is InChI=1S/C28H55N3O5/c1-8-9-10-11-12-13-14-15-16-19-24(32)31(22-17-20-29-25(33)35-27(2,3)4)23-18-21-30-26(34)36-28(5,6)7/h8-23H2,1-7H3,(H,29,33)(H,30,34). The number of unbranched alkanes of at least 4 members (excludes halogenated alkanes) is 8. The van der Waals surface area contributed by atoms with Crippen molar-refractivity contribution < 1.29 is 23.9 Å². The van der Waals surface area contributed by atoms with Crippen molar-refractivity contribution in [3.63, 3.8) is 0 Å². The molecular formula is C28H55N3O5. The lowest BCUT2D eigenvalue weighted by atomic mass is 10.1. The molecule has 0 aromatic heterocycles. The van der Waals surface area contributed by atoms with Crippen molar-refractivity contribution in [1.82, 2.24) is 15.5 Å². The molecule has 36 heavy (non-hydrogen) atoms. The minimum absolute atomic E-state index is 0.132. The van der Waals surface area contributed by atoms with Gasteiger partial charge in [-0.25, -0.2) is 9.59 Å². The van der Waals surface area contributed by atoms with Crippen molar-refractivity contribution in [3.8, 4) is 0 Å². The molecule has 0 spiro atoms. The molecule has 212 valence electrons. The number of ether oxygens (including phenoxy) is 2. The molecule has 8 heteroatoms. The highest BCUT2D eigenvalue weighted by atomic mass is 16.6.